The number of halogens is 2. The number of benzene rings is 2. The quantitative estimate of drug-likeness (QED) is 0.363. The number of rotatable bonds is 8. The highest BCUT2D eigenvalue weighted by atomic mass is 19.1. The number of aromatic nitrogens is 3. The molecule has 4 heterocycles. The van der Waals surface area contributed by atoms with Crippen molar-refractivity contribution in [3.63, 3.8) is 0 Å². The van der Waals surface area contributed by atoms with E-state index in [9.17, 15) is 0 Å². The molecule has 2 aromatic carbocycles. The second kappa shape index (κ2) is 10.7. The number of ether oxygens (including phenoxy) is 2. The normalized spacial score (nSPS) is 16.6. The summed E-state index contributed by atoms with van der Waals surface area (Å²) in [5, 5.41) is 7.23. The Morgan fingerprint density at radius 2 is 1.89 bits per heavy atom. The van der Waals surface area contributed by atoms with Gasteiger partial charge in [0.2, 0.25) is 5.95 Å². The van der Waals surface area contributed by atoms with Crippen molar-refractivity contribution >= 4 is 22.7 Å². The van der Waals surface area contributed by atoms with Crippen LogP contribution in [0.2, 0.25) is 0 Å². The van der Waals surface area contributed by atoms with Gasteiger partial charge in [-0.2, -0.15) is 4.98 Å². The number of nitrogens with zero attached hydrogens (tertiary/aromatic N) is 4. The lowest BCUT2D eigenvalue weighted by Gasteiger charge is -2.27. The second-order valence-corrected chi connectivity index (χ2v) is 9.79. The monoisotopic (exact) mass is 520 g/mol. The zero-order chi connectivity index (χ0) is 26.1. The molecule has 0 amide bonds. The predicted octanol–water partition coefficient (Wildman–Crippen LogP) is 4.07. The Morgan fingerprint density at radius 1 is 1.11 bits per heavy atom. The van der Waals surface area contributed by atoms with Crippen LogP contribution in [0.5, 0.6) is 0 Å². The third-order valence-electron chi connectivity index (χ3n) is 7.14. The third-order valence-corrected chi connectivity index (χ3v) is 7.14. The van der Waals surface area contributed by atoms with Gasteiger partial charge in [0.15, 0.2) is 0 Å². The van der Waals surface area contributed by atoms with E-state index < -0.39 is 11.6 Å². The van der Waals surface area contributed by atoms with E-state index >= 15 is 8.78 Å². The standard InChI is InChI=1S/C28H30F2N6O2/c1-18-2-3-21(10-20(18)17-38-23-14-31-15-23)33-28-32-13-19-4-5-36(27(19)34-28)22-11-25(29)24(26(30)12-22)16-35-6-8-37-9-7-35/h2-5,10-13,23,31H,6-9,14-17H2,1H3,(H,32,33,34). The first-order valence-electron chi connectivity index (χ1n) is 12.8. The Bertz CT molecular complexity index is 1430. The van der Waals surface area contributed by atoms with Gasteiger partial charge in [0.05, 0.1) is 31.6 Å². The van der Waals surface area contributed by atoms with Gasteiger partial charge in [-0.05, 0) is 48.4 Å². The molecular weight excluding hydrogens is 490 g/mol. The number of hydrogen-bond acceptors (Lipinski definition) is 7. The Kier molecular flexibility index (Phi) is 7.03. The van der Waals surface area contributed by atoms with Crippen molar-refractivity contribution in [2.45, 2.75) is 26.2 Å². The van der Waals surface area contributed by atoms with E-state index in [0.29, 0.717) is 50.2 Å². The maximum absolute atomic E-state index is 15.1. The zero-order valence-electron chi connectivity index (χ0n) is 21.2. The molecular formula is C28H30F2N6O2. The van der Waals surface area contributed by atoms with E-state index in [1.165, 1.54) is 12.1 Å². The number of fused-ring (bicyclic) bond motifs is 1. The first kappa shape index (κ1) is 24.9. The van der Waals surface area contributed by atoms with E-state index in [1.807, 2.05) is 29.2 Å². The summed E-state index contributed by atoms with van der Waals surface area (Å²) in [6.07, 6.45) is 3.70. The van der Waals surface area contributed by atoms with Crippen LogP contribution in [0.15, 0.2) is 48.8 Å². The van der Waals surface area contributed by atoms with Crippen LogP contribution in [0.3, 0.4) is 0 Å². The molecule has 38 heavy (non-hydrogen) atoms. The van der Waals surface area contributed by atoms with Gasteiger partial charge >= 0.3 is 0 Å². The van der Waals surface area contributed by atoms with Crippen LogP contribution >= 0.6 is 0 Å². The molecule has 2 aliphatic rings. The topological polar surface area (TPSA) is 76.5 Å². The van der Waals surface area contributed by atoms with Gasteiger partial charge in [-0.3, -0.25) is 4.90 Å². The van der Waals surface area contributed by atoms with Crippen LogP contribution in [-0.2, 0) is 22.6 Å². The molecule has 0 aliphatic carbocycles. The van der Waals surface area contributed by atoms with Gasteiger partial charge < -0.3 is 24.7 Å². The fourth-order valence-electron chi connectivity index (χ4n) is 4.67. The number of nitrogens with one attached hydrogen (secondary N) is 2. The average molecular weight is 521 g/mol. The van der Waals surface area contributed by atoms with Crippen molar-refractivity contribution in [2.75, 3.05) is 44.7 Å². The molecule has 2 fully saturated rings. The molecule has 0 unspecified atom stereocenters. The van der Waals surface area contributed by atoms with Gasteiger partial charge in [0.25, 0.3) is 0 Å². The Balaban J connectivity index is 1.23. The number of morpholine rings is 1. The molecule has 2 aromatic heterocycles. The van der Waals surface area contributed by atoms with Crippen LogP contribution in [-0.4, -0.2) is 64.9 Å². The summed E-state index contributed by atoms with van der Waals surface area (Å²) in [7, 11) is 0. The maximum atomic E-state index is 15.1. The minimum absolute atomic E-state index is 0.0665. The van der Waals surface area contributed by atoms with E-state index in [4.69, 9.17) is 9.47 Å². The van der Waals surface area contributed by atoms with Crippen molar-refractivity contribution in [1.82, 2.24) is 24.8 Å². The highest BCUT2D eigenvalue weighted by molar-refractivity contribution is 5.79. The van der Waals surface area contributed by atoms with E-state index in [2.05, 4.69) is 27.5 Å². The minimum atomic E-state index is -0.576. The van der Waals surface area contributed by atoms with Crippen molar-refractivity contribution < 1.29 is 18.3 Å². The first-order chi connectivity index (χ1) is 18.5. The molecule has 10 heteroatoms. The van der Waals surface area contributed by atoms with Gasteiger partial charge in [0, 0.05) is 61.8 Å². The molecule has 198 valence electrons. The Labute approximate surface area is 219 Å². The van der Waals surface area contributed by atoms with Gasteiger partial charge in [-0.1, -0.05) is 6.07 Å². The summed E-state index contributed by atoms with van der Waals surface area (Å²) in [6.45, 7) is 7.03. The number of hydrogen-bond donors (Lipinski definition) is 2. The summed E-state index contributed by atoms with van der Waals surface area (Å²) in [5.74, 6) is -0.762. The van der Waals surface area contributed by atoms with Crippen molar-refractivity contribution in [3.05, 3.63) is 77.1 Å². The lowest BCUT2D eigenvalue weighted by atomic mass is 10.1. The molecule has 0 bridgehead atoms. The third kappa shape index (κ3) is 5.25. The van der Waals surface area contributed by atoms with Crippen LogP contribution < -0.4 is 10.6 Å². The van der Waals surface area contributed by atoms with Crippen LogP contribution in [0.1, 0.15) is 16.7 Å². The largest absolute Gasteiger partial charge is 0.379 e. The second-order valence-electron chi connectivity index (χ2n) is 9.79. The van der Waals surface area contributed by atoms with E-state index in [0.717, 1.165) is 35.3 Å². The molecule has 0 atom stereocenters. The number of aryl methyl sites for hydroxylation is 1. The fraction of sp³-hybridized carbons (Fsp3) is 0.357. The fourth-order valence-corrected chi connectivity index (χ4v) is 4.67. The molecule has 2 N–H and O–H groups in total. The molecule has 6 rings (SSSR count). The predicted molar refractivity (Wildman–Crippen MR) is 141 cm³/mol. The summed E-state index contributed by atoms with van der Waals surface area (Å²) >= 11 is 0. The van der Waals surface area contributed by atoms with Crippen LogP contribution in [0.25, 0.3) is 16.7 Å². The molecule has 8 nitrogen and oxygen atoms in total. The Morgan fingerprint density at radius 3 is 2.63 bits per heavy atom. The lowest BCUT2D eigenvalue weighted by Crippen LogP contribution is -2.48. The number of anilines is 2. The highest BCUT2D eigenvalue weighted by Crippen LogP contribution is 2.26. The van der Waals surface area contributed by atoms with Crippen molar-refractivity contribution in [1.29, 1.82) is 0 Å². The molecule has 2 saturated heterocycles. The summed E-state index contributed by atoms with van der Waals surface area (Å²) < 4.78 is 43.1. The van der Waals surface area contributed by atoms with E-state index in [-0.39, 0.29) is 18.2 Å². The van der Waals surface area contributed by atoms with Crippen molar-refractivity contribution in [2.24, 2.45) is 0 Å². The highest BCUT2D eigenvalue weighted by Gasteiger charge is 2.19. The lowest BCUT2D eigenvalue weighted by molar-refractivity contribution is 0.00739. The summed E-state index contributed by atoms with van der Waals surface area (Å²) in [6, 6.07) is 10.6. The average Bonchev–Trinajstić information content (AvgIpc) is 3.31. The van der Waals surface area contributed by atoms with Gasteiger partial charge in [-0.15, -0.1) is 0 Å². The van der Waals surface area contributed by atoms with E-state index in [1.54, 1.807) is 17.0 Å². The zero-order valence-corrected chi connectivity index (χ0v) is 21.2. The molecule has 0 spiro atoms. The summed E-state index contributed by atoms with van der Waals surface area (Å²) in [5.41, 5.74) is 4.06. The van der Waals surface area contributed by atoms with Gasteiger partial charge in [0.1, 0.15) is 17.3 Å². The summed E-state index contributed by atoms with van der Waals surface area (Å²) in [4.78, 5) is 11.1. The maximum Gasteiger partial charge on any atom is 0.229 e. The SMILES string of the molecule is Cc1ccc(Nc2ncc3ccn(-c4cc(F)c(CN5CCOCC5)c(F)c4)c3n2)cc1COC1CNC1. The van der Waals surface area contributed by atoms with Crippen molar-refractivity contribution in [3.8, 4) is 5.69 Å². The molecule has 0 saturated carbocycles. The van der Waals surface area contributed by atoms with Crippen LogP contribution in [0.4, 0.5) is 20.4 Å². The Hall–Kier alpha value is -3.44. The van der Waals surface area contributed by atoms with Gasteiger partial charge in [-0.25, -0.2) is 13.8 Å². The minimum Gasteiger partial charge on any atom is -0.379 e. The molecule has 4 aromatic rings. The smallest absolute Gasteiger partial charge is 0.229 e. The molecule has 0 radical (unpaired) electrons. The first-order valence-corrected chi connectivity index (χ1v) is 12.8. The molecule has 2 aliphatic heterocycles. The van der Waals surface area contributed by atoms with Crippen LogP contribution in [0, 0.1) is 18.6 Å².